The maximum absolute atomic E-state index is 11.8. The van der Waals surface area contributed by atoms with Crippen LogP contribution in [0.4, 0.5) is 0 Å². The molecule has 9 heteroatoms. The Kier molecular flexibility index (Phi) is 5.27. The van der Waals surface area contributed by atoms with Crippen LogP contribution < -0.4 is 16.1 Å². The molecule has 0 unspecified atom stereocenters. The summed E-state index contributed by atoms with van der Waals surface area (Å²) in [5.41, 5.74) is 6.07. The second kappa shape index (κ2) is 7.61. The molecule has 8 nitrogen and oxygen atoms in total. The molecule has 0 spiro atoms. The van der Waals surface area contributed by atoms with Gasteiger partial charge in [-0.2, -0.15) is 0 Å². The fourth-order valence-corrected chi connectivity index (χ4v) is 3.44. The summed E-state index contributed by atoms with van der Waals surface area (Å²) in [6.07, 6.45) is 0.667. The van der Waals surface area contributed by atoms with E-state index >= 15 is 0 Å². The topological polar surface area (TPSA) is 113 Å². The minimum absolute atomic E-state index is 0.225. The highest BCUT2D eigenvalue weighted by atomic mass is 32.2. The predicted molar refractivity (Wildman–Crippen MR) is 97.1 cm³/mol. The van der Waals surface area contributed by atoms with Crippen molar-refractivity contribution in [2.75, 3.05) is 7.11 Å². The van der Waals surface area contributed by atoms with E-state index in [1.165, 1.54) is 17.8 Å². The van der Waals surface area contributed by atoms with E-state index in [0.29, 0.717) is 34.5 Å². The zero-order valence-corrected chi connectivity index (χ0v) is 15.2. The summed E-state index contributed by atoms with van der Waals surface area (Å²) in [4.78, 5) is 22.8. The van der Waals surface area contributed by atoms with Crippen LogP contribution in [-0.4, -0.2) is 27.8 Å². The Hall–Kier alpha value is -2.81. The average molecular weight is 374 g/mol. The van der Waals surface area contributed by atoms with Crippen LogP contribution in [-0.2, 0) is 24.0 Å². The van der Waals surface area contributed by atoms with Gasteiger partial charge >= 0.3 is 5.63 Å². The zero-order chi connectivity index (χ0) is 18.7. The minimum atomic E-state index is -0.415. The smallest absolute Gasteiger partial charge is 0.336 e. The first-order valence-corrected chi connectivity index (χ1v) is 8.86. The molecule has 0 fully saturated rings. The van der Waals surface area contributed by atoms with Gasteiger partial charge in [0.05, 0.1) is 7.11 Å². The second-order valence-corrected chi connectivity index (χ2v) is 6.61. The molecule has 0 aliphatic carbocycles. The van der Waals surface area contributed by atoms with E-state index in [4.69, 9.17) is 14.9 Å². The molecule has 1 amide bonds. The maximum Gasteiger partial charge on any atom is 0.336 e. The normalized spacial score (nSPS) is 11.0. The Labute approximate surface area is 153 Å². The number of hydrogen-bond donors (Lipinski definition) is 1. The number of thioether (sulfide) groups is 1. The Morgan fingerprint density at radius 2 is 2.15 bits per heavy atom. The summed E-state index contributed by atoms with van der Waals surface area (Å²) in [6, 6.07) is 6.85. The zero-order valence-electron chi connectivity index (χ0n) is 14.4. The monoisotopic (exact) mass is 374 g/mol. The standard InChI is InChI=1S/C17H18N4O4S/c1-21-15(6-5-14(18)22)19-20-17(21)26-9-10-7-16(23)25-13-8-11(24-2)3-4-12(10)13/h3-4,7-8H,5-6,9H2,1-2H3,(H2,18,22). The number of primary amides is 1. The van der Waals surface area contributed by atoms with Crippen LogP contribution in [0.1, 0.15) is 17.8 Å². The number of nitrogens with two attached hydrogens (primary N) is 1. The van der Waals surface area contributed by atoms with Crippen molar-refractivity contribution in [1.82, 2.24) is 14.8 Å². The lowest BCUT2D eigenvalue weighted by Crippen LogP contribution is -2.12. The van der Waals surface area contributed by atoms with Crippen molar-refractivity contribution in [3.63, 3.8) is 0 Å². The van der Waals surface area contributed by atoms with E-state index in [0.717, 1.165) is 10.9 Å². The van der Waals surface area contributed by atoms with Crippen LogP contribution in [0.3, 0.4) is 0 Å². The van der Waals surface area contributed by atoms with Gasteiger partial charge in [-0.05, 0) is 17.7 Å². The number of aryl methyl sites for hydroxylation is 1. The molecule has 0 aliphatic heterocycles. The van der Waals surface area contributed by atoms with Crippen molar-refractivity contribution in [2.24, 2.45) is 12.8 Å². The van der Waals surface area contributed by atoms with Gasteiger partial charge in [0.25, 0.3) is 0 Å². The third-order valence-corrected chi connectivity index (χ3v) is 4.98. The van der Waals surface area contributed by atoms with E-state index in [2.05, 4.69) is 10.2 Å². The van der Waals surface area contributed by atoms with E-state index in [1.54, 1.807) is 13.2 Å². The number of aromatic nitrogens is 3. The third kappa shape index (κ3) is 3.88. The molecule has 136 valence electrons. The molecule has 0 radical (unpaired) electrons. The summed E-state index contributed by atoms with van der Waals surface area (Å²) in [5.74, 6) is 1.46. The van der Waals surface area contributed by atoms with Crippen molar-refractivity contribution < 1.29 is 13.9 Å². The van der Waals surface area contributed by atoms with Crippen molar-refractivity contribution in [3.05, 3.63) is 46.1 Å². The van der Waals surface area contributed by atoms with Crippen LogP contribution in [0.15, 0.2) is 38.6 Å². The molecule has 0 saturated heterocycles. The number of fused-ring (bicyclic) bond motifs is 1. The Morgan fingerprint density at radius 1 is 1.35 bits per heavy atom. The van der Waals surface area contributed by atoms with Crippen LogP contribution >= 0.6 is 11.8 Å². The van der Waals surface area contributed by atoms with Gasteiger partial charge in [-0.15, -0.1) is 10.2 Å². The van der Waals surface area contributed by atoms with Crippen molar-refractivity contribution >= 4 is 28.6 Å². The molecule has 3 rings (SSSR count). The Balaban J connectivity index is 1.82. The number of nitrogens with zero attached hydrogens (tertiary/aromatic N) is 3. The average Bonchev–Trinajstić information content (AvgIpc) is 2.97. The first kappa shape index (κ1) is 18.0. The number of carbonyl (C=O) groups excluding carboxylic acids is 1. The lowest BCUT2D eigenvalue weighted by Gasteiger charge is -2.07. The molecule has 0 bridgehead atoms. The third-order valence-electron chi connectivity index (χ3n) is 3.91. The van der Waals surface area contributed by atoms with Gasteiger partial charge in [0, 0.05) is 43.2 Å². The second-order valence-electron chi connectivity index (χ2n) is 5.67. The highest BCUT2D eigenvalue weighted by Crippen LogP contribution is 2.27. The van der Waals surface area contributed by atoms with Crippen molar-refractivity contribution in [1.29, 1.82) is 0 Å². The number of methoxy groups -OCH3 is 1. The van der Waals surface area contributed by atoms with Crippen LogP contribution in [0.2, 0.25) is 0 Å². The SMILES string of the molecule is COc1ccc2c(CSc3nnc(CCC(N)=O)n3C)cc(=O)oc2c1. The number of amides is 1. The van der Waals surface area contributed by atoms with E-state index in [9.17, 15) is 9.59 Å². The lowest BCUT2D eigenvalue weighted by molar-refractivity contribution is -0.118. The number of carbonyl (C=O) groups is 1. The molecule has 0 aliphatic rings. The van der Waals surface area contributed by atoms with Gasteiger partial charge in [0.1, 0.15) is 17.2 Å². The first-order valence-electron chi connectivity index (χ1n) is 7.88. The lowest BCUT2D eigenvalue weighted by atomic mass is 10.1. The first-order chi connectivity index (χ1) is 12.5. The van der Waals surface area contributed by atoms with Crippen molar-refractivity contribution in [3.8, 4) is 5.75 Å². The largest absolute Gasteiger partial charge is 0.497 e. The van der Waals surface area contributed by atoms with Gasteiger partial charge in [0.15, 0.2) is 5.16 Å². The fraction of sp³-hybridized carbons (Fsp3) is 0.294. The quantitative estimate of drug-likeness (QED) is 0.494. The number of benzene rings is 1. The summed E-state index contributed by atoms with van der Waals surface area (Å²) >= 11 is 1.45. The molecule has 26 heavy (non-hydrogen) atoms. The molecular formula is C17H18N4O4S. The molecule has 1 aromatic carbocycles. The van der Waals surface area contributed by atoms with Crippen molar-refractivity contribution in [2.45, 2.75) is 23.8 Å². The number of rotatable bonds is 7. The van der Waals surface area contributed by atoms with Gasteiger partial charge in [-0.25, -0.2) is 4.79 Å². The van der Waals surface area contributed by atoms with Gasteiger partial charge < -0.3 is 19.5 Å². The summed E-state index contributed by atoms with van der Waals surface area (Å²) < 4.78 is 12.2. The fourth-order valence-electron chi connectivity index (χ4n) is 2.52. The number of ether oxygens (including phenoxy) is 1. The van der Waals surface area contributed by atoms with Crippen LogP contribution in [0.5, 0.6) is 5.75 Å². The molecule has 2 N–H and O–H groups in total. The Bertz CT molecular complexity index is 1010. The summed E-state index contributed by atoms with van der Waals surface area (Å²) in [7, 11) is 3.39. The van der Waals surface area contributed by atoms with Gasteiger partial charge in [0.2, 0.25) is 5.91 Å². The predicted octanol–water partition coefficient (Wildman–Crippen LogP) is 1.64. The van der Waals surface area contributed by atoms with E-state index < -0.39 is 5.63 Å². The molecular weight excluding hydrogens is 356 g/mol. The molecule has 3 aromatic rings. The summed E-state index contributed by atoms with van der Waals surface area (Å²) in [5, 5.41) is 9.77. The van der Waals surface area contributed by atoms with E-state index in [-0.39, 0.29) is 12.3 Å². The summed E-state index contributed by atoms with van der Waals surface area (Å²) in [6.45, 7) is 0. The molecule has 2 heterocycles. The van der Waals surface area contributed by atoms with E-state index in [1.807, 2.05) is 23.7 Å². The highest BCUT2D eigenvalue weighted by Gasteiger charge is 2.12. The minimum Gasteiger partial charge on any atom is -0.497 e. The van der Waals surface area contributed by atoms with Gasteiger partial charge in [-0.1, -0.05) is 11.8 Å². The molecule has 0 atom stereocenters. The molecule has 2 aromatic heterocycles. The highest BCUT2D eigenvalue weighted by molar-refractivity contribution is 7.98. The van der Waals surface area contributed by atoms with Gasteiger partial charge in [-0.3, -0.25) is 4.79 Å². The van der Waals surface area contributed by atoms with Crippen LogP contribution in [0, 0.1) is 0 Å². The number of hydrogen-bond acceptors (Lipinski definition) is 7. The maximum atomic E-state index is 11.8. The van der Waals surface area contributed by atoms with Crippen LogP contribution in [0.25, 0.3) is 11.0 Å². The Morgan fingerprint density at radius 3 is 2.88 bits per heavy atom. The molecule has 0 saturated carbocycles.